The number of hydrogen-bond donors (Lipinski definition) is 0. The molecule has 0 N–H and O–H groups in total. The first-order valence-electron chi connectivity index (χ1n) is 8.41. The zero-order valence-electron chi connectivity index (χ0n) is 15.9. The average Bonchev–Trinajstić information content (AvgIpc) is 3.07. The smallest absolute Gasteiger partial charge is 0.248 e. The van der Waals surface area contributed by atoms with Gasteiger partial charge >= 0.3 is 0 Å². The Balaban J connectivity index is 2.01. The molecule has 29 heavy (non-hydrogen) atoms. The molecule has 0 aliphatic heterocycles. The molecule has 11 heteroatoms. The molecule has 0 aliphatic rings. The predicted octanol–water partition coefficient (Wildman–Crippen LogP) is 1.33. The van der Waals surface area contributed by atoms with E-state index in [1.165, 1.54) is 24.9 Å². The van der Waals surface area contributed by atoms with Gasteiger partial charge in [0.15, 0.2) is 5.82 Å². The molecule has 7 nitrogen and oxygen atoms in total. The highest BCUT2D eigenvalue weighted by molar-refractivity contribution is 6.59. The number of hydrogen-bond acceptors (Lipinski definition) is 5. The Morgan fingerprint density at radius 3 is 2.48 bits per heavy atom. The fourth-order valence-electron chi connectivity index (χ4n) is 2.26. The summed E-state index contributed by atoms with van der Waals surface area (Å²) in [5.41, 5.74) is 1.10. The number of carbonyl (C=O) groups is 2. The first kappa shape index (κ1) is 22.6. The van der Waals surface area contributed by atoms with Crippen molar-refractivity contribution in [3.05, 3.63) is 58.3 Å². The Bertz CT molecular complexity index is 923. The zero-order valence-corrected chi connectivity index (χ0v) is 16.7. The molecule has 2 aromatic rings. The average molecular weight is 404 g/mol. The van der Waals surface area contributed by atoms with Crippen molar-refractivity contribution in [3.63, 3.8) is 0 Å². The highest BCUT2D eigenvalue weighted by Gasteiger charge is 2.21. The van der Waals surface area contributed by atoms with Crippen LogP contribution in [0.1, 0.15) is 24.2 Å². The van der Waals surface area contributed by atoms with E-state index in [0.29, 0.717) is 17.3 Å². The lowest BCUT2D eigenvalue weighted by molar-refractivity contribution is -0.125. The third-order valence-electron chi connectivity index (χ3n) is 3.76. The van der Waals surface area contributed by atoms with Crippen LogP contribution in [0.3, 0.4) is 0 Å². The van der Waals surface area contributed by atoms with Gasteiger partial charge in [-0.3, -0.25) is 9.59 Å². The molecule has 0 aliphatic carbocycles. The fourth-order valence-corrected chi connectivity index (χ4v) is 2.39. The second-order valence-corrected chi connectivity index (χ2v) is 6.71. The number of halogens is 1. The zero-order chi connectivity index (χ0) is 21.6. The maximum Gasteiger partial charge on any atom is 0.248 e. The van der Waals surface area contributed by atoms with Gasteiger partial charge in [-0.05, 0) is 30.7 Å². The normalized spacial score (nSPS) is 12.2. The van der Waals surface area contributed by atoms with Gasteiger partial charge in [0.25, 0.3) is 0 Å². The van der Waals surface area contributed by atoms with E-state index in [-0.39, 0.29) is 18.1 Å². The third kappa shape index (κ3) is 6.67. The van der Waals surface area contributed by atoms with Crippen LogP contribution in [0.15, 0.2) is 40.6 Å². The number of benzene rings is 1. The Hall–Kier alpha value is -2.74. The molecule has 0 fully saturated rings. The standard InChI is InChI=1S/C18H16B3ClN4O3/c1-12(26(11-27)18(19,20)21)9-17(28)25(2)10-16-23-15(24-29-16)8-5-13-3-6-14(22)7-4-13/h3-9,11H,10H2,1-2H3/b8-5+,12-9-. The Morgan fingerprint density at radius 1 is 1.24 bits per heavy atom. The topological polar surface area (TPSA) is 79.5 Å². The van der Waals surface area contributed by atoms with Crippen molar-refractivity contribution in [2.75, 3.05) is 7.05 Å². The van der Waals surface area contributed by atoms with Gasteiger partial charge in [-0.25, -0.2) is 0 Å². The van der Waals surface area contributed by atoms with Crippen LogP contribution in [0.2, 0.25) is 5.02 Å². The molecular weight excluding hydrogens is 388 g/mol. The Kier molecular flexibility index (Phi) is 7.50. The maximum atomic E-state index is 12.3. The molecule has 142 valence electrons. The molecule has 0 saturated carbocycles. The van der Waals surface area contributed by atoms with Crippen LogP contribution in [0.4, 0.5) is 0 Å². The highest BCUT2D eigenvalue weighted by atomic mass is 35.5. The molecule has 0 unspecified atom stereocenters. The summed E-state index contributed by atoms with van der Waals surface area (Å²) in [6.07, 6.45) is 5.00. The molecule has 1 aromatic carbocycles. The van der Waals surface area contributed by atoms with Crippen molar-refractivity contribution < 1.29 is 14.1 Å². The van der Waals surface area contributed by atoms with E-state index in [0.717, 1.165) is 10.5 Å². The van der Waals surface area contributed by atoms with Crippen LogP contribution in [-0.2, 0) is 16.1 Å². The quantitative estimate of drug-likeness (QED) is 0.377. The predicted molar refractivity (Wildman–Crippen MR) is 113 cm³/mol. The van der Waals surface area contributed by atoms with E-state index >= 15 is 0 Å². The van der Waals surface area contributed by atoms with Gasteiger partial charge in [-0.15, -0.1) is 0 Å². The van der Waals surface area contributed by atoms with Crippen molar-refractivity contribution in [3.8, 4) is 0 Å². The monoisotopic (exact) mass is 404 g/mol. The number of aromatic nitrogens is 2. The van der Waals surface area contributed by atoms with Gasteiger partial charge in [-0.2, -0.15) is 4.98 Å². The summed E-state index contributed by atoms with van der Waals surface area (Å²) in [4.78, 5) is 29.8. The number of nitrogens with zero attached hydrogens (tertiary/aromatic N) is 4. The molecule has 2 rings (SSSR count). The van der Waals surface area contributed by atoms with Gasteiger partial charge in [0.2, 0.25) is 18.2 Å². The highest BCUT2D eigenvalue weighted by Crippen LogP contribution is 2.13. The number of rotatable bonds is 8. The van der Waals surface area contributed by atoms with Crippen molar-refractivity contribution in [2.45, 2.75) is 18.7 Å². The van der Waals surface area contributed by atoms with Crippen LogP contribution in [-0.4, -0.2) is 68.1 Å². The first-order chi connectivity index (χ1) is 13.6. The molecule has 6 radical (unpaired) electrons. The lowest BCUT2D eigenvalue weighted by Gasteiger charge is -2.34. The van der Waals surface area contributed by atoms with E-state index in [1.54, 1.807) is 24.3 Å². The summed E-state index contributed by atoms with van der Waals surface area (Å²) in [5, 5.41) is 2.57. The summed E-state index contributed by atoms with van der Waals surface area (Å²) in [7, 11) is 18.0. The van der Waals surface area contributed by atoms with Gasteiger partial charge in [0.05, 0.1) is 30.1 Å². The van der Waals surface area contributed by atoms with Gasteiger partial charge in [-0.1, -0.05) is 40.2 Å². The Labute approximate surface area is 178 Å². The van der Waals surface area contributed by atoms with Gasteiger partial charge in [0.1, 0.15) is 0 Å². The van der Waals surface area contributed by atoms with E-state index < -0.39 is 11.1 Å². The van der Waals surface area contributed by atoms with Crippen molar-refractivity contribution in [1.82, 2.24) is 19.9 Å². The SMILES string of the molecule is [B]C([B])([B])N(C=O)/C(C)=C\C(=O)N(C)Cc1nc(/C=C/c2ccc(Cl)cc2)no1. The minimum atomic E-state index is -1.92. The summed E-state index contributed by atoms with van der Waals surface area (Å²) < 4.78 is 5.15. The summed E-state index contributed by atoms with van der Waals surface area (Å²) in [6.45, 7) is 1.54. The summed E-state index contributed by atoms with van der Waals surface area (Å²) >= 11 is 5.85. The van der Waals surface area contributed by atoms with Crippen LogP contribution < -0.4 is 0 Å². The van der Waals surface area contributed by atoms with E-state index in [1.807, 2.05) is 12.1 Å². The second-order valence-electron chi connectivity index (χ2n) is 6.27. The van der Waals surface area contributed by atoms with Crippen LogP contribution in [0.5, 0.6) is 0 Å². The molecule has 0 spiro atoms. The minimum Gasteiger partial charge on any atom is -0.339 e. The molecule has 0 saturated heterocycles. The molecule has 1 heterocycles. The molecular formula is C18H16B3ClN4O3. The lowest BCUT2D eigenvalue weighted by Crippen LogP contribution is -2.49. The first-order valence-corrected chi connectivity index (χ1v) is 8.79. The minimum absolute atomic E-state index is 0.0600. The third-order valence-corrected chi connectivity index (χ3v) is 4.01. The Morgan fingerprint density at radius 2 is 1.90 bits per heavy atom. The van der Waals surface area contributed by atoms with E-state index in [9.17, 15) is 9.59 Å². The van der Waals surface area contributed by atoms with Crippen molar-refractivity contribution >= 4 is 59.6 Å². The largest absolute Gasteiger partial charge is 0.339 e. The van der Waals surface area contributed by atoms with Crippen molar-refractivity contribution in [1.29, 1.82) is 0 Å². The fraction of sp³-hybridized carbons (Fsp3) is 0.222. The number of allylic oxidation sites excluding steroid dienone is 1. The molecule has 0 bridgehead atoms. The number of amides is 2. The van der Waals surface area contributed by atoms with Crippen LogP contribution in [0.25, 0.3) is 12.2 Å². The van der Waals surface area contributed by atoms with Crippen molar-refractivity contribution in [2.24, 2.45) is 0 Å². The van der Waals surface area contributed by atoms with Gasteiger partial charge in [0, 0.05) is 23.8 Å². The van der Waals surface area contributed by atoms with E-state index in [4.69, 9.17) is 39.7 Å². The van der Waals surface area contributed by atoms with Gasteiger partial charge < -0.3 is 14.3 Å². The summed E-state index contributed by atoms with van der Waals surface area (Å²) in [5.74, 6) is 0.157. The maximum absolute atomic E-state index is 12.3. The van der Waals surface area contributed by atoms with Crippen LogP contribution in [0, 0.1) is 0 Å². The summed E-state index contributed by atoms with van der Waals surface area (Å²) in [6, 6.07) is 7.24. The second kappa shape index (κ2) is 9.65. The van der Waals surface area contributed by atoms with Crippen LogP contribution >= 0.6 is 11.6 Å². The molecule has 2 amide bonds. The number of likely N-dealkylation sites (N-methyl/N-ethyl adjacent to an activating group) is 1. The molecule has 1 aromatic heterocycles. The number of carbonyl (C=O) groups excluding carboxylic acids is 2. The lowest BCUT2D eigenvalue weighted by atomic mass is 9.48. The molecule has 0 atom stereocenters. The van der Waals surface area contributed by atoms with E-state index in [2.05, 4.69) is 10.1 Å².